The van der Waals surface area contributed by atoms with E-state index >= 15 is 0 Å². The van der Waals surface area contributed by atoms with E-state index in [0.717, 1.165) is 24.3 Å². The molecule has 2 aliphatic rings. The molecule has 0 bridgehead atoms. The molecule has 1 fully saturated rings. The average molecular weight is 395 g/mol. The van der Waals surface area contributed by atoms with Gasteiger partial charge in [-0.2, -0.15) is 0 Å². The van der Waals surface area contributed by atoms with Crippen molar-refractivity contribution in [1.82, 2.24) is 0 Å². The van der Waals surface area contributed by atoms with Crippen LogP contribution in [0, 0.1) is 6.92 Å². The van der Waals surface area contributed by atoms with Crippen LogP contribution in [0.2, 0.25) is 0 Å². The van der Waals surface area contributed by atoms with Gasteiger partial charge in [-0.15, -0.1) is 0 Å². The molecule has 7 nitrogen and oxygen atoms in total. The second-order valence-corrected chi connectivity index (χ2v) is 7.57. The van der Waals surface area contributed by atoms with Gasteiger partial charge < -0.3 is 24.6 Å². The smallest absolute Gasteiger partial charge is 0.280 e. The average Bonchev–Trinajstić information content (AvgIpc) is 2.74. The Bertz CT molecular complexity index is 938. The SMILES string of the molecule is Cc1ccc2c(c1)N(C)C(=O)C(C)(C(=O)Nc1ccc(N3CCOCC3)cc1)O2. The van der Waals surface area contributed by atoms with Crippen LogP contribution < -0.4 is 19.9 Å². The first-order chi connectivity index (χ1) is 13.9. The van der Waals surface area contributed by atoms with E-state index in [1.165, 1.54) is 11.8 Å². The molecular formula is C22H25N3O4. The summed E-state index contributed by atoms with van der Waals surface area (Å²) in [5, 5.41) is 2.82. The van der Waals surface area contributed by atoms with E-state index in [-0.39, 0.29) is 0 Å². The highest BCUT2D eigenvalue weighted by Gasteiger charge is 2.49. The minimum absolute atomic E-state index is 0.405. The van der Waals surface area contributed by atoms with Crippen molar-refractivity contribution in [3.8, 4) is 5.75 Å². The second-order valence-electron chi connectivity index (χ2n) is 7.57. The van der Waals surface area contributed by atoms with Crippen molar-refractivity contribution in [3.05, 3.63) is 48.0 Å². The van der Waals surface area contributed by atoms with Crippen molar-refractivity contribution in [2.45, 2.75) is 19.4 Å². The van der Waals surface area contributed by atoms with E-state index in [4.69, 9.17) is 9.47 Å². The minimum atomic E-state index is -1.64. The molecule has 2 aromatic rings. The molecule has 152 valence electrons. The van der Waals surface area contributed by atoms with Crippen LogP contribution in [0.5, 0.6) is 5.75 Å². The van der Waals surface area contributed by atoms with E-state index < -0.39 is 17.4 Å². The number of likely N-dealkylation sites (N-methyl/N-ethyl adjacent to an activating group) is 1. The largest absolute Gasteiger partial charge is 0.465 e. The summed E-state index contributed by atoms with van der Waals surface area (Å²) in [5.41, 5.74) is 1.73. The fourth-order valence-electron chi connectivity index (χ4n) is 3.64. The number of nitrogens with one attached hydrogen (secondary N) is 1. The number of hydrogen-bond donors (Lipinski definition) is 1. The summed E-state index contributed by atoms with van der Waals surface area (Å²) in [6, 6.07) is 13.1. The van der Waals surface area contributed by atoms with Crippen LogP contribution in [0.3, 0.4) is 0 Å². The normalized spacial score (nSPS) is 21.4. The maximum Gasteiger partial charge on any atom is 0.280 e. The molecule has 0 aromatic heterocycles. The lowest BCUT2D eigenvalue weighted by molar-refractivity contribution is -0.144. The lowest BCUT2D eigenvalue weighted by atomic mass is 9.99. The molecule has 1 N–H and O–H groups in total. The molecule has 0 saturated carbocycles. The fourth-order valence-corrected chi connectivity index (χ4v) is 3.64. The quantitative estimate of drug-likeness (QED) is 0.809. The van der Waals surface area contributed by atoms with Crippen LogP contribution in [-0.4, -0.2) is 50.8 Å². The molecular weight excluding hydrogens is 370 g/mol. The summed E-state index contributed by atoms with van der Waals surface area (Å²) in [5.74, 6) is -0.393. The van der Waals surface area contributed by atoms with Gasteiger partial charge in [-0.1, -0.05) is 6.07 Å². The molecule has 0 aliphatic carbocycles. The molecule has 2 amide bonds. The Morgan fingerprint density at radius 2 is 1.79 bits per heavy atom. The molecule has 29 heavy (non-hydrogen) atoms. The van der Waals surface area contributed by atoms with Gasteiger partial charge in [-0.3, -0.25) is 9.59 Å². The maximum atomic E-state index is 13.0. The topological polar surface area (TPSA) is 71.1 Å². The third-order valence-electron chi connectivity index (χ3n) is 5.44. The summed E-state index contributed by atoms with van der Waals surface area (Å²) < 4.78 is 11.3. The van der Waals surface area contributed by atoms with Crippen LogP contribution in [0.15, 0.2) is 42.5 Å². The highest BCUT2D eigenvalue weighted by Crippen LogP contribution is 2.38. The van der Waals surface area contributed by atoms with Crippen molar-refractivity contribution >= 4 is 28.9 Å². The molecule has 1 saturated heterocycles. The second kappa shape index (κ2) is 7.40. The van der Waals surface area contributed by atoms with Crippen molar-refractivity contribution in [1.29, 1.82) is 0 Å². The Morgan fingerprint density at radius 3 is 2.48 bits per heavy atom. The van der Waals surface area contributed by atoms with Gasteiger partial charge in [-0.05, 0) is 55.8 Å². The summed E-state index contributed by atoms with van der Waals surface area (Å²) in [4.78, 5) is 29.6. The lowest BCUT2D eigenvalue weighted by Gasteiger charge is -2.38. The molecule has 0 spiro atoms. The predicted octanol–water partition coefficient (Wildman–Crippen LogP) is 2.58. The number of carbonyl (C=O) groups is 2. The number of morpholine rings is 1. The Hall–Kier alpha value is -3.06. The predicted molar refractivity (Wildman–Crippen MR) is 112 cm³/mol. The number of ether oxygens (including phenoxy) is 2. The summed E-state index contributed by atoms with van der Waals surface area (Å²) in [6.45, 7) is 6.57. The highest BCUT2D eigenvalue weighted by atomic mass is 16.5. The van der Waals surface area contributed by atoms with E-state index in [1.54, 1.807) is 13.1 Å². The summed E-state index contributed by atoms with van der Waals surface area (Å²) >= 11 is 0. The monoisotopic (exact) mass is 395 g/mol. The third-order valence-corrected chi connectivity index (χ3v) is 5.44. The van der Waals surface area contributed by atoms with Gasteiger partial charge in [0.15, 0.2) is 0 Å². The van der Waals surface area contributed by atoms with Crippen molar-refractivity contribution in [3.63, 3.8) is 0 Å². The van der Waals surface area contributed by atoms with Crippen molar-refractivity contribution in [2.24, 2.45) is 0 Å². The van der Waals surface area contributed by atoms with Gasteiger partial charge >= 0.3 is 0 Å². The number of amides is 2. The van der Waals surface area contributed by atoms with Gasteiger partial charge in [0.25, 0.3) is 17.4 Å². The first-order valence-corrected chi connectivity index (χ1v) is 9.70. The molecule has 7 heteroatoms. The Balaban J connectivity index is 1.51. The first kappa shape index (κ1) is 19.3. The van der Waals surface area contributed by atoms with Gasteiger partial charge in [-0.25, -0.2) is 0 Å². The fraction of sp³-hybridized carbons (Fsp3) is 0.364. The molecule has 2 heterocycles. The number of anilines is 3. The van der Waals surface area contributed by atoms with E-state index in [1.807, 2.05) is 43.3 Å². The zero-order chi connectivity index (χ0) is 20.6. The Kier molecular flexibility index (Phi) is 4.92. The molecule has 1 unspecified atom stereocenters. The first-order valence-electron chi connectivity index (χ1n) is 9.70. The van der Waals surface area contributed by atoms with E-state index in [0.29, 0.717) is 30.3 Å². The van der Waals surface area contributed by atoms with Crippen LogP contribution in [0.25, 0.3) is 0 Å². The van der Waals surface area contributed by atoms with Crippen LogP contribution in [0.1, 0.15) is 12.5 Å². The Morgan fingerprint density at radius 1 is 1.10 bits per heavy atom. The third kappa shape index (κ3) is 3.53. The van der Waals surface area contributed by atoms with Crippen LogP contribution in [0.4, 0.5) is 17.1 Å². The number of fused-ring (bicyclic) bond motifs is 1. The van der Waals surface area contributed by atoms with Crippen molar-refractivity contribution < 1.29 is 19.1 Å². The number of aryl methyl sites for hydroxylation is 1. The lowest BCUT2D eigenvalue weighted by Crippen LogP contribution is -2.59. The van der Waals surface area contributed by atoms with E-state index in [2.05, 4.69) is 10.2 Å². The number of rotatable bonds is 3. The van der Waals surface area contributed by atoms with Crippen LogP contribution in [-0.2, 0) is 14.3 Å². The maximum absolute atomic E-state index is 13.0. The number of carbonyl (C=O) groups excluding carboxylic acids is 2. The molecule has 2 aromatic carbocycles. The summed E-state index contributed by atoms with van der Waals surface area (Å²) in [7, 11) is 1.66. The zero-order valence-electron chi connectivity index (χ0n) is 16.9. The van der Waals surface area contributed by atoms with Gasteiger partial charge in [0, 0.05) is 31.5 Å². The number of nitrogens with zero attached hydrogens (tertiary/aromatic N) is 2. The molecule has 1 atom stereocenters. The van der Waals surface area contributed by atoms with Crippen molar-refractivity contribution in [2.75, 3.05) is 48.5 Å². The van der Waals surface area contributed by atoms with Gasteiger partial charge in [0.2, 0.25) is 0 Å². The van der Waals surface area contributed by atoms with Gasteiger partial charge in [0.1, 0.15) is 5.75 Å². The Labute approximate surface area is 170 Å². The summed E-state index contributed by atoms with van der Waals surface area (Å²) in [6.07, 6.45) is 0. The van der Waals surface area contributed by atoms with Crippen LogP contribution >= 0.6 is 0 Å². The van der Waals surface area contributed by atoms with E-state index in [9.17, 15) is 9.59 Å². The minimum Gasteiger partial charge on any atom is -0.465 e. The highest BCUT2D eigenvalue weighted by molar-refractivity contribution is 6.19. The zero-order valence-corrected chi connectivity index (χ0v) is 16.9. The molecule has 4 rings (SSSR count). The van der Waals surface area contributed by atoms with Gasteiger partial charge in [0.05, 0.1) is 18.9 Å². The molecule has 2 aliphatic heterocycles. The number of hydrogen-bond acceptors (Lipinski definition) is 5. The molecule has 0 radical (unpaired) electrons. The number of benzene rings is 2. The standard InChI is InChI=1S/C22H25N3O4/c1-15-4-9-19-18(14-15)24(3)21(27)22(2,29-19)20(26)23-16-5-7-17(8-6-16)25-10-12-28-13-11-25/h4-9,14H,10-13H2,1-3H3,(H,23,26).